The molecule has 1 aromatic heterocycles. The molecule has 1 amide bonds. The fourth-order valence-electron chi connectivity index (χ4n) is 3.06. The number of anilines is 1. The number of aryl methyl sites for hydroxylation is 2. The highest BCUT2D eigenvalue weighted by Crippen LogP contribution is 2.32. The van der Waals surface area contributed by atoms with Crippen LogP contribution < -0.4 is 15.8 Å². The minimum absolute atomic E-state index is 0. The molecule has 0 saturated carbocycles. The molecule has 0 bridgehead atoms. The van der Waals surface area contributed by atoms with Gasteiger partial charge in [-0.1, -0.05) is 18.2 Å². The van der Waals surface area contributed by atoms with E-state index in [4.69, 9.17) is 10.5 Å². The number of amides is 1. The Kier molecular flexibility index (Phi) is 8.05. The number of nitrogens with one attached hydrogen (secondary N) is 1. The molecule has 7 heteroatoms. The summed E-state index contributed by atoms with van der Waals surface area (Å²) in [7, 11) is 1.65. The lowest BCUT2D eigenvalue weighted by Gasteiger charge is -2.13. The van der Waals surface area contributed by atoms with E-state index in [-0.39, 0.29) is 24.4 Å². The van der Waals surface area contributed by atoms with E-state index in [9.17, 15) is 4.79 Å². The standard InChI is InChI=1S/C22H25N3O2S.ClH/c1-14(24-20(26)13-10-16-6-4-5-7-19(16)23)21-15(2)25-22(28-21)17-8-11-18(27-3)12-9-17;/h4-9,11-12,14H,10,13,23H2,1-3H3,(H,24,26);1H. The molecule has 0 aliphatic carbocycles. The lowest BCUT2D eigenvalue weighted by Crippen LogP contribution is -2.26. The van der Waals surface area contributed by atoms with Crippen LogP contribution in [0.15, 0.2) is 48.5 Å². The van der Waals surface area contributed by atoms with Crippen molar-refractivity contribution in [3.05, 3.63) is 64.7 Å². The quantitative estimate of drug-likeness (QED) is 0.519. The van der Waals surface area contributed by atoms with E-state index in [1.807, 2.05) is 62.4 Å². The molecule has 0 spiro atoms. The van der Waals surface area contributed by atoms with Crippen molar-refractivity contribution in [1.82, 2.24) is 10.3 Å². The summed E-state index contributed by atoms with van der Waals surface area (Å²) >= 11 is 1.61. The number of carbonyl (C=O) groups excluding carboxylic acids is 1. The first kappa shape index (κ1) is 22.7. The first-order chi connectivity index (χ1) is 13.5. The molecule has 5 nitrogen and oxygen atoms in total. The van der Waals surface area contributed by atoms with Crippen LogP contribution in [-0.2, 0) is 11.2 Å². The molecular formula is C22H26ClN3O2S. The molecule has 2 aromatic carbocycles. The third-order valence-electron chi connectivity index (χ3n) is 4.62. The maximum Gasteiger partial charge on any atom is 0.220 e. The summed E-state index contributed by atoms with van der Waals surface area (Å²) in [6.07, 6.45) is 1.03. The van der Waals surface area contributed by atoms with Gasteiger partial charge in [-0.3, -0.25) is 4.79 Å². The largest absolute Gasteiger partial charge is 0.497 e. The summed E-state index contributed by atoms with van der Waals surface area (Å²) in [5, 5.41) is 4.02. The Morgan fingerprint density at radius 2 is 1.90 bits per heavy atom. The van der Waals surface area contributed by atoms with Crippen molar-refractivity contribution < 1.29 is 9.53 Å². The first-order valence-corrected chi connectivity index (χ1v) is 10.0. The van der Waals surface area contributed by atoms with E-state index in [2.05, 4.69) is 10.3 Å². The Bertz CT molecular complexity index is 957. The molecule has 154 valence electrons. The van der Waals surface area contributed by atoms with Gasteiger partial charge < -0.3 is 15.8 Å². The second kappa shape index (κ2) is 10.3. The number of rotatable bonds is 7. The number of aromatic nitrogens is 1. The maximum atomic E-state index is 12.4. The van der Waals surface area contributed by atoms with Crippen molar-refractivity contribution in [2.24, 2.45) is 0 Å². The predicted molar refractivity (Wildman–Crippen MR) is 122 cm³/mol. The van der Waals surface area contributed by atoms with Gasteiger partial charge in [0.05, 0.1) is 23.7 Å². The number of methoxy groups -OCH3 is 1. The Balaban J connectivity index is 0.00000300. The molecule has 0 saturated heterocycles. The molecule has 29 heavy (non-hydrogen) atoms. The van der Waals surface area contributed by atoms with Gasteiger partial charge >= 0.3 is 0 Å². The monoisotopic (exact) mass is 431 g/mol. The van der Waals surface area contributed by atoms with Crippen LogP contribution in [0.1, 0.15) is 35.5 Å². The van der Waals surface area contributed by atoms with E-state index >= 15 is 0 Å². The number of ether oxygens (including phenoxy) is 1. The Labute approximate surface area is 181 Å². The van der Waals surface area contributed by atoms with E-state index in [0.29, 0.717) is 12.8 Å². The minimum atomic E-state index is -0.0925. The van der Waals surface area contributed by atoms with Crippen LogP contribution in [0.2, 0.25) is 0 Å². The number of halogens is 1. The number of nitrogens with zero attached hydrogens (tertiary/aromatic N) is 1. The van der Waals surface area contributed by atoms with Gasteiger partial charge in [0.25, 0.3) is 0 Å². The smallest absolute Gasteiger partial charge is 0.220 e. The SMILES string of the molecule is COc1ccc(-c2nc(C)c(C(C)NC(=O)CCc3ccccc3N)s2)cc1.Cl. The van der Waals surface area contributed by atoms with Gasteiger partial charge in [0, 0.05) is 17.7 Å². The summed E-state index contributed by atoms with van der Waals surface area (Å²) in [4.78, 5) is 18.1. The molecule has 0 aliphatic rings. The van der Waals surface area contributed by atoms with Crippen LogP contribution in [0, 0.1) is 6.92 Å². The van der Waals surface area contributed by atoms with E-state index in [1.165, 1.54) is 0 Å². The predicted octanol–water partition coefficient (Wildman–Crippen LogP) is 4.94. The highest BCUT2D eigenvalue weighted by molar-refractivity contribution is 7.15. The summed E-state index contributed by atoms with van der Waals surface area (Å²) in [5.41, 5.74) is 9.66. The fraction of sp³-hybridized carbons (Fsp3) is 0.273. The van der Waals surface area contributed by atoms with Gasteiger partial charge in [-0.15, -0.1) is 23.7 Å². The lowest BCUT2D eigenvalue weighted by atomic mass is 10.1. The number of hydrogen-bond acceptors (Lipinski definition) is 5. The zero-order valence-corrected chi connectivity index (χ0v) is 18.4. The highest BCUT2D eigenvalue weighted by Gasteiger charge is 2.17. The van der Waals surface area contributed by atoms with Crippen molar-refractivity contribution in [1.29, 1.82) is 0 Å². The lowest BCUT2D eigenvalue weighted by molar-refractivity contribution is -0.121. The van der Waals surface area contributed by atoms with Gasteiger partial charge in [-0.2, -0.15) is 0 Å². The zero-order chi connectivity index (χ0) is 20.1. The number of carbonyl (C=O) groups is 1. The molecular weight excluding hydrogens is 406 g/mol. The van der Waals surface area contributed by atoms with Gasteiger partial charge in [-0.25, -0.2) is 4.98 Å². The normalized spacial score (nSPS) is 11.4. The first-order valence-electron chi connectivity index (χ1n) is 9.22. The van der Waals surface area contributed by atoms with Crippen LogP contribution in [0.5, 0.6) is 5.75 Å². The molecule has 3 N–H and O–H groups in total. The topological polar surface area (TPSA) is 77.2 Å². The fourth-order valence-corrected chi connectivity index (χ4v) is 4.13. The van der Waals surface area contributed by atoms with Crippen LogP contribution in [0.25, 0.3) is 10.6 Å². The number of benzene rings is 2. The number of nitrogen functional groups attached to an aromatic ring is 1. The second-order valence-corrected chi connectivity index (χ2v) is 7.72. The van der Waals surface area contributed by atoms with Crippen LogP contribution >= 0.6 is 23.7 Å². The molecule has 0 aliphatic heterocycles. The third-order valence-corrected chi connectivity index (χ3v) is 6.01. The molecule has 0 radical (unpaired) electrons. The van der Waals surface area contributed by atoms with Gasteiger partial charge in [0.1, 0.15) is 10.8 Å². The van der Waals surface area contributed by atoms with Crippen LogP contribution in [0.4, 0.5) is 5.69 Å². The number of nitrogens with two attached hydrogens (primary N) is 1. The Hall–Kier alpha value is -2.57. The zero-order valence-electron chi connectivity index (χ0n) is 16.8. The molecule has 3 rings (SSSR count). The molecule has 0 fully saturated rings. The highest BCUT2D eigenvalue weighted by atomic mass is 35.5. The van der Waals surface area contributed by atoms with Crippen molar-refractivity contribution in [3.63, 3.8) is 0 Å². The molecule has 1 heterocycles. The summed E-state index contributed by atoms with van der Waals surface area (Å²) in [5.74, 6) is 0.825. The minimum Gasteiger partial charge on any atom is -0.497 e. The number of thiazole rings is 1. The van der Waals surface area contributed by atoms with Crippen molar-refractivity contribution >= 4 is 35.3 Å². The van der Waals surface area contributed by atoms with Gasteiger partial charge in [-0.05, 0) is 56.2 Å². The summed E-state index contributed by atoms with van der Waals surface area (Å²) < 4.78 is 5.21. The summed E-state index contributed by atoms with van der Waals surface area (Å²) in [6, 6.07) is 15.4. The van der Waals surface area contributed by atoms with Crippen molar-refractivity contribution in [3.8, 4) is 16.3 Å². The molecule has 1 atom stereocenters. The van der Waals surface area contributed by atoms with E-state index in [0.717, 1.165) is 38.1 Å². The second-order valence-electron chi connectivity index (χ2n) is 6.69. The summed E-state index contributed by atoms with van der Waals surface area (Å²) in [6.45, 7) is 3.97. The number of para-hydroxylation sites is 1. The van der Waals surface area contributed by atoms with Crippen LogP contribution in [0.3, 0.4) is 0 Å². The number of hydrogen-bond donors (Lipinski definition) is 2. The van der Waals surface area contributed by atoms with Crippen molar-refractivity contribution in [2.45, 2.75) is 32.7 Å². The third kappa shape index (κ3) is 5.71. The van der Waals surface area contributed by atoms with E-state index in [1.54, 1.807) is 18.4 Å². The maximum absolute atomic E-state index is 12.4. The average molecular weight is 432 g/mol. The van der Waals surface area contributed by atoms with Crippen LogP contribution in [-0.4, -0.2) is 18.0 Å². The Morgan fingerprint density at radius 3 is 2.55 bits per heavy atom. The van der Waals surface area contributed by atoms with E-state index < -0.39 is 0 Å². The van der Waals surface area contributed by atoms with Gasteiger partial charge in [0.15, 0.2) is 0 Å². The van der Waals surface area contributed by atoms with Crippen molar-refractivity contribution in [2.75, 3.05) is 12.8 Å². The Morgan fingerprint density at radius 1 is 1.21 bits per heavy atom. The molecule has 1 unspecified atom stereocenters. The molecule has 3 aromatic rings. The average Bonchev–Trinajstić information content (AvgIpc) is 3.09. The van der Waals surface area contributed by atoms with Gasteiger partial charge in [0.2, 0.25) is 5.91 Å².